The number of nitrogens with one attached hydrogen (secondary N) is 1. The molecule has 2 bridgehead atoms. The largest absolute Gasteiger partial charge is 0.326 e. The minimum Gasteiger partial charge on any atom is -0.326 e. The van der Waals surface area contributed by atoms with E-state index in [0.29, 0.717) is 6.42 Å². The van der Waals surface area contributed by atoms with Crippen molar-refractivity contribution in [3.8, 4) is 0 Å². The van der Waals surface area contributed by atoms with Crippen molar-refractivity contribution >= 4 is 32.5 Å². The highest BCUT2D eigenvalue weighted by Crippen LogP contribution is 2.56. The predicted octanol–water partition coefficient (Wildman–Crippen LogP) is 4.61. The molecule has 3 aromatic rings. The van der Waals surface area contributed by atoms with E-state index >= 15 is 0 Å². The molecule has 2 aliphatic rings. The lowest BCUT2D eigenvalue weighted by molar-refractivity contribution is -0.116. The fourth-order valence-corrected chi connectivity index (χ4v) is 6.98. The molecule has 1 N–H and O–H groups in total. The molecule has 144 valence electrons. The van der Waals surface area contributed by atoms with E-state index in [-0.39, 0.29) is 27.2 Å². The first-order valence-corrected chi connectivity index (χ1v) is 11.1. The molecule has 3 heterocycles. The summed E-state index contributed by atoms with van der Waals surface area (Å²) in [5.74, 6) is 0.0388. The van der Waals surface area contributed by atoms with Gasteiger partial charge in [-0.25, -0.2) is 0 Å². The number of nitrogens with zero attached hydrogens (tertiary/aromatic N) is 2. The topological polar surface area (TPSA) is 54.4 Å². The van der Waals surface area contributed by atoms with Crippen LogP contribution in [0, 0.1) is 0 Å². The smallest absolute Gasteiger partial charge is 0.225 e. The number of aliphatic imine (C=N–C) groups is 1. The number of carbonyl (C=O) groups is 1. The standard InChI is InChI=1S/C24H21N3OS/c28-22(26-20-11-5-2-6-12-20)16-21-24(19-9-3-1-4-10-19)13-15-29(21)23(27-24)18-8-7-14-25-17-18/h1-12,14-15,17,21H,13,16H2,(H,26,28)/t21?,24-,29?/m0/s1. The van der Waals surface area contributed by atoms with Crippen LogP contribution in [0.1, 0.15) is 24.0 Å². The van der Waals surface area contributed by atoms with Gasteiger partial charge in [-0.3, -0.25) is 14.8 Å². The van der Waals surface area contributed by atoms with Gasteiger partial charge in [0.25, 0.3) is 0 Å². The van der Waals surface area contributed by atoms with Gasteiger partial charge in [0.1, 0.15) is 5.54 Å². The first-order chi connectivity index (χ1) is 14.3. The van der Waals surface area contributed by atoms with Gasteiger partial charge in [0.05, 0.1) is 5.04 Å². The number of carbonyl (C=O) groups excluding carboxylic acids is 1. The van der Waals surface area contributed by atoms with Crippen LogP contribution in [0.2, 0.25) is 0 Å². The van der Waals surface area contributed by atoms with E-state index in [0.717, 1.165) is 22.7 Å². The first-order valence-electron chi connectivity index (χ1n) is 9.72. The Labute approximate surface area is 172 Å². The Kier molecular flexibility index (Phi) is 4.60. The summed E-state index contributed by atoms with van der Waals surface area (Å²) < 4.78 is 0. The van der Waals surface area contributed by atoms with Crippen LogP contribution in [0.4, 0.5) is 5.69 Å². The highest BCUT2D eigenvalue weighted by molar-refractivity contribution is 8.29. The molecule has 0 saturated heterocycles. The molecule has 3 atom stereocenters. The molecule has 5 rings (SSSR count). The molecule has 29 heavy (non-hydrogen) atoms. The van der Waals surface area contributed by atoms with Crippen molar-refractivity contribution in [2.45, 2.75) is 23.6 Å². The van der Waals surface area contributed by atoms with Crippen molar-refractivity contribution in [1.29, 1.82) is 0 Å². The van der Waals surface area contributed by atoms with Crippen LogP contribution in [0.15, 0.2) is 90.2 Å². The quantitative estimate of drug-likeness (QED) is 0.637. The van der Waals surface area contributed by atoms with Gasteiger partial charge >= 0.3 is 0 Å². The average molecular weight is 400 g/mol. The molecule has 0 radical (unpaired) electrons. The van der Waals surface area contributed by atoms with Crippen LogP contribution in [0.3, 0.4) is 0 Å². The molecule has 2 aliphatic heterocycles. The SMILES string of the molecule is O=C(CC1S2=CC[C@@]1(c1ccccc1)N=C2c1cccnc1)Nc1ccccc1. The van der Waals surface area contributed by atoms with E-state index < -0.39 is 0 Å². The number of fused-ring (bicyclic) bond motifs is 2. The molecule has 5 heteroatoms. The van der Waals surface area contributed by atoms with Gasteiger partial charge < -0.3 is 5.32 Å². The van der Waals surface area contributed by atoms with Crippen molar-refractivity contribution in [3.63, 3.8) is 0 Å². The minimum absolute atomic E-state index is 0.0388. The van der Waals surface area contributed by atoms with Crippen molar-refractivity contribution < 1.29 is 4.79 Å². The first kappa shape index (κ1) is 18.0. The van der Waals surface area contributed by atoms with Crippen LogP contribution < -0.4 is 5.32 Å². The number of para-hydroxylation sites is 1. The number of amides is 1. The van der Waals surface area contributed by atoms with Crippen molar-refractivity contribution in [2.75, 3.05) is 5.32 Å². The minimum atomic E-state index is -0.371. The predicted molar refractivity (Wildman–Crippen MR) is 121 cm³/mol. The van der Waals surface area contributed by atoms with Crippen molar-refractivity contribution in [1.82, 2.24) is 4.98 Å². The number of hydrogen-bond donors (Lipinski definition) is 1. The lowest BCUT2D eigenvalue weighted by atomic mass is 9.83. The fraction of sp³-hybridized carbons (Fsp3) is 0.167. The highest BCUT2D eigenvalue weighted by atomic mass is 32.2. The van der Waals surface area contributed by atoms with Gasteiger partial charge in [-0.1, -0.05) is 53.9 Å². The zero-order valence-corrected chi connectivity index (χ0v) is 16.7. The summed E-state index contributed by atoms with van der Waals surface area (Å²) in [5, 5.41) is 6.62. The number of aromatic nitrogens is 1. The van der Waals surface area contributed by atoms with Gasteiger partial charge in [0.2, 0.25) is 5.91 Å². The summed E-state index contributed by atoms with van der Waals surface area (Å²) >= 11 is 0. The molecule has 4 nitrogen and oxygen atoms in total. The molecule has 1 aromatic heterocycles. The third-order valence-corrected chi connectivity index (χ3v) is 8.02. The summed E-state index contributed by atoms with van der Waals surface area (Å²) in [5.41, 5.74) is 2.70. The Morgan fingerprint density at radius 2 is 1.79 bits per heavy atom. The summed E-state index contributed by atoms with van der Waals surface area (Å²) in [6.07, 6.45) is 4.96. The van der Waals surface area contributed by atoms with E-state index in [2.05, 4.69) is 46.0 Å². The zero-order chi connectivity index (χ0) is 19.7. The molecule has 2 aromatic carbocycles. The molecule has 0 spiro atoms. The van der Waals surface area contributed by atoms with Crippen molar-refractivity contribution in [2.24, 2.45) is 4.99 Å². The van der Waals surface area contributed by atoms with Gasteiger partial charge in [0, 0.05) is 41.7 Å². The van der Waals surface area contributed by atoms with E-state index in [1.54, 1.807) is 6.20 Å². The van der Waals surface area contributed by atoms with E-state index in [4.69, 9.17) is 4.99 Å². The molecule has 0 fully saturated rings. The second kappa shape index (κ2) is 7.41. The number of hydrogen-bond acceptors (Lipinski definition) is 3. The Balaban J connectivity index is 1.49. The molecule has 2 unspecified atom stereocenters. The maximum absolute atomic E-state index is 12.9. The normalized spacial score (nSPS) is 24.6. The lowest BCUT2D eigenvalue weighted by Gasteiger charge is -2.29. The van der Waals surface area contributed by atoms with Crippen LogP contribution in [0.5, 0.6) is 0 Å². The Hall–Kier alpha value is -3.05. The molecule has 1 amide bonds. The van der Waals surface area contributed by atoms with Crippen LogP contribution in [-0.4, -0.2) is 26.6 Å². The van der Waals surface area contributed by atoms with E-state index in [9.17, 15) is 4.79 Å². The second-order valence-electron chi connectivity index (χ2n) is 7.30. The number of rotatable bonds is 5. The van der Waals surface area contributed by atoms with Gasteiger partial charge in [-0.05, 0) is 29.8 Å². The van der Waals surface area contributed by atoms with Crippen LogP contribution in [0.25, 0.3) is 0 Å². The summed E-state index contributed by atoms with van der Waals surface area (Å²) in [4.78, 5) is 22.4. The highest BCUT2D eigenvalue weighted by Gasteiger charge is 2.52. The molecular weight excluding hydrogens is 378 g/mol. The van der Waals surface area contributed by atoms with Gasteiger partial charge in [-0.15, -0.1) is 10.5 Å². The number of pyridine rings is 1. The maximum atomic E-state index is 12.9. The summed E-state index contributed by atoms with van der Waals surface area (Å²) in [6, 6.07) is 24.1. The monoisotopic (exact) mass is 399 g/mol. The Bertz CT molecular complexity index is 1100. The lowest BCUT2D eigenvalue weighted by Crippen LogP contribution is -2.33. The molecule has 0 aliphatic carbocycles. The second-order valence-corrected chi connectivity index (χ2v) is 9.33. The van der Waals surface area contributed by atoms with Crippen molar-refractivity contribution in [3.05, 3.63) is 96.3 Å². The third kappa shape index (κ3) is 3.21. The molecular formula is C24H21N3OS. The van der Waals surface area contributed by atoms with Gasteiger partial charge in [-0.2, -0.15) is 0 Å². The number of benzene rings is 2. The zero-order valence-electron chi connectivity index (χ0n) is 15.9. The van der Waals surface area contributed by atoms with E-state index in [1.165, 1.54) is 5.56 Å². The molecule has 0 saturated carbocycles. The Morgan fingerprint density at radius 1 is 1.03 bits per heavy atom. The van der Waals surface area contributed by atoms with Gasteiger partial charge in [0.15, 0.2) is 0 Å². The van der Waals surface area contributed by atoms with E-state index in [1.807, 2.05) is 48.7 Å². The average Bonchev–Trinajstić information content (AvgIpc) is 3.28. The third-order valence-electron chi connectivity index (χ3n) is 5.55. The maximum Gasteiger partial charge on any atom is 0.225 e. The fourth-order valence-electron chi connectivity index (χ4n) is 4.19. The summed E-state index contributed by atoms with van der Waals surface area (Å²) in [7, 11) is -0.181. The number of anilines is 1. The van der Waals surface area contributed by atoms with Crippen LogP contribution in [-0.2, 0) is 10.3 Å². The summed E-state index contributed by atoms with van der Waals surface area (Å²) in [6.45, 7) is 0. The Morgan fingerprint density at radius 3 is 2.52 bits per heavy atom. The van der Waals surface area contributed by atoms with Crippen LogP contribution >= 0.6 is 10.5 Å².